The smallest absolute Gasteiger partial charge is 0.141 e. The second kappa shape index (κ2) is 4.66. The molecule has 1 heterocycles. The van der Waals surface area contributed by atoms with Crippen LogP contribution >= 0.6 is 11.6 Å². The van der Waals surface area contributed by atoms with Crippen LogP contribution in [0.5, 0.6) is 0 Å². The van der Waals surface area contributed by atoms with Gasteiger partial charge in [-0.15, -0.1) is 5.10 Å². The predicted octanol–water partition coefficient (Wildman–Crippen LogP) is 2.31. The van der Waals surface area contributed by atoms with Gasteiger partial charge in [-0.1, -0.05) is 16.8 Å². The molecule has 1 saturated carbocycles. The Labute approximate surface area is 109 Å². The average Bonchev–Trinajstić information content (AvgIpc) is 3.08. The molecule has 18 heavy (non-hydrogen) atoms. The summed E-state index contributed by atoms with van der Waals surface area (Å²) in [7, 11) is 0. The van der Waals surface area contributed by atoms with Gasteiger partial charge in [0.25, 0.3) is 0 Å². The lowest BCUT2D eigenvalue weighted by Gasteiger charge is -2.07. The summed E-state index contributed by atoms with van der Waals surface area (Å²) in [4.78, 5) is 0. The molecule has 1 aromatic carbocycles. The van der Waals surface area contributed by atoms with E-state index in [-0.39, 0.29) is 5.02 Å². The maximum absolute atomic E-state index is 13.1. The lowest BCUT2D eigenvalue weighted by Crippen LogP contribution is -2.18. The normalized spacial score (nSPS) is 15.0. The summed E-state index contributed by atoms with van der Waals surface area (Å²) < 4.78 is 14.8. The summed E-state index contributed by atoms with van der Waals surface area (Å²) in [6.07, 6.45) is 4.15. The molecule has 1 N–H and O–H groups in total. The number of hydrogen-bond acceptors (Lipinski definition) is 3. The number of aromatic nitrogens is 3. The molecule has 0 bridgehead atoms. The minimum absolute atomic E-state index is 0.0871. The monoisotopic (exact) mass is 266 g/mol. The maximum atomic E-state index is 13.1. The van der Waals surface area contributed by atoms with Crippen molar-refractivity contribution in [2.45, 2.75) is 25.4 Å². The molecule has 4 nitrogen and oxygen atoms in total. The molecule has 0 spiro atoms. The van der Waals surface area contributed by atoms with Crippen LogP contribution in [-0.4, -0.2) is 21.0 Å². The summed E-state index contributed by atoms with van der Waals surface area (Å²) in [5, 5.41) is 11.4. The Morgan fingerprint density at radius 3 is 3.00 bits per heavy atom. The van der Waals surface area contributed by atoms with Crippen molar-refractivity contribution in [2.75, 3.05) is 0 Å². The minimum atomic E-state index is -0.432. The van der Waals surface area contributed by atoms with Gasteiger partial charge >= 0.3 is 0 Å². The predicted molar refractivity (Wildman–Crippen MR) is 66.2 cm³/mol. The van der Waals surface area contributed by atoms with Crippen molar-refractivity contribution < 1.29 is 4.39 Å². The molecule has 0 unspecified atom stereocenters. The van der Waals surface area contributed by atoms with Gasteiger partial charge in [0.2, 0.25) is 0 Å². The first kappa shape index (κ1) is 11.6. The summed E-state index contributed by atoms with van der Waals surface area (Å²) in [6.45, 7) is 0.701. The van der Waals surface area contributed by atoms with Gasteiger partial charge in [-0.05, 0) is 31.0 Å². The molecule has 6 heteroatoms. The Hall–Kier alpha value is -1.46. The van der Waals surface area contributed by atoms with E-state index in [0.29, 0.717) is 18.3 Å². The lowest BCUT2D eigenvalue weighted by atomic mass is 10.3. The molecule has 1 aliphatic rings. The van der Waals surface area contributed by atoms with Gasteiger partial charge in [0.15, 0.2) is 0 Å². The van der Waals surface area contributed by atoms with E-state index in [1.54, 1.807) is 23.0 Å². The van der Waals surface area contributed by atoms with Crippen molar-refractivity contribution in [2.24, 2.45) is 0 Å². The average molecular weight is 267 g/mol. The zero-order chi connectivity index (χ0) is 12.5. The Morgan fingerprint density at radius 1 is 1.44 bits per heavy atom. The Bertz CT molecular complexity index is 565. The van der Waals surface area contributed by atoms with E-state index in [9.17, 15) is 4.39 Å². The van der Waals surface area contributed by atoms with Crippen molar-refractivity contribution in [3.05, 3.63) is 40.9 Å². The summed E-state index contributed by atoms with van der Waals surface area (Å²) >= 11 is 5.77. The van der Waals surface area contributed by atoms with Crippen LogP contribution in [0.3, 0.4) is 0 Å². The fraction of sp³-hybridized carbons (Fsp3) is 0.333. The first-order valence-corrected chi connectivity index (χ1v) is 6.20. The fourth-order valence-corrected chi connectivity index (χ4v) is 1.92. The molecule has 0 radical (unpaired) electrons. The number of halogens is 2. The molecule has 1 fully saturated rings. The first-order valence-electron chi connectivity index (χ1n) is 5.82. The van der Waals surface area contributed by atoms with Crippen LogP contribution in [0.1, 0.15) is 18.5 Å². The van der Waals surface area contributed by atoms with E-state index < -0.39 is 5.82 Å². The largest absolute Gasteiger partial charge is 0.308 e. The van der Waals surface area contributed by atoms with Crippen molar-refractivity contribution in [1.82, 2.24) is 20.3 Å². The van der Waals surface area contributed by atoms with Gasteiger partial charge in [0.1, 0.15) is 5.82 Å². The van der Waals surface area contributed by atoms with E-state index in [2.05, 4.69) is 15.6 Å². The zero-order valence-corrected chi connectivity index (χ0v) is 10.4. The van der Waals surface area contributed by atoms with E-state index >= 15 is 0 Å². The molecule has 1 aliphatic carbocycles. The molecular weight excluding hydrogens is 255 g/mol. The number of nitrogens with zero attached hydrogens (tertiary/aromatic N) is 3. The highest BCUT2D eigenvalue weighted by Crippen LogP contribution is 2.21. The van der Waals surface area contributed by atoms with Crippen LogP contribution in [0, 0.1) is 5.82 Å². The fourth-order valence-electron chi connectivity index (χ4n) is 1.75. The van der Waals surface area contributed by atoms with Gasteiger partial charge in [-0.2, -0.15) is 0 Å². The van der Waals surface area contributed by atoms with Crippen LogP contribution in [0.2, 0.25) is 5.02 Å². The van der Waals surface area contributed by atoms with E-state index in [1.165, 1.54) is 18.9 Å². The molecule has 2 aromatic rings. The molecule has 94 valence electrons. The van der Waals surface area contributed by atoms with E-state index in [0.717, 1.165) is 5.69 Å². The maximum Gasteiger partial charge on any atom is 0.141 e. The van der Waals surface area contributed by atoms with E-state index in [1.807, 2.05) is 0 Å². The Morgan fingerprint density at radius 2 is 2.28 bits per heavy atom. The molecular formula is C12H12ClFN4. The van der Waals surface area contributed by atoms with Crippen LogP contribution in [0.25, 0.3) is 5.69 Å². The summed E-state index contributed by atoms with van der Waals surface area (Å²) in [5.41, 5.74) is 1.65. The van der Waals surface area contributed by atoms with Crippen molar-refractivity contribution >= 4 is 11.6 Å². The number of nitrogens with one attached hydrogen (secondary N) is 1. The number of rotatable bonds is 4. The quantitative estimate of drug-likeness (QED) is 0.923. The van der Waals surface area contributed by atoms with Gasteiger partial charge in [-0.3, -0.25) is 0 Å². The van der Waals surface area contributed by atoms with Gasteiger partial charge in [0, 0.05) is 12.6 Å². The molecule has 1 aromatic heterocycles. The third kappa shape index (κ3) is 2.37. The third-order valence-corrected chi connectivity index (χ3v) is 3.21. The molecule has 3 rings (SSSR count). The van der Waals surface area contributed by atoms with Crippen molar-refractivity contribution in [3.8, 4) is 5.69 Å². The zero-order valence-electron chi connectivity index (χ0n) is 9.61. The standard InChI is InChI=1S/C12H12ClFN4/c13-11-5-9(3-4-12(11)14)18-10(7-16-17-18)6-15-8-1-2-8/h3-5,7-8,15H,1-2,6H2. The number of hydrogen-bond donors (Lipinski definition) is 1. The molecule has 0 amide bonds. The van der Waals surface area contributed by atoms with Crippen molar-refractivity contribution in [3.63, 3.8) is 0 Å². The number of benzene rings is 1. The minimum Gasteiger partial charge on any atom is -0.308 e. The Balaban J connectivity index is 1.85. The van der Waals surface area contributed by atoms with Crippen LogP contribution in [0.4, 0.5) is 4.39 Å². The SMILES string of the molecule is Fc1ccc(-n2nncc2CNC2CC2)cc1Cl. The van der Waals surface area contributed by atoms with Gasteiger partial charge in [0.05, 0.1) is 22.6 Å². The Kier molecular flexibility index (Phi) is 3.01. The molecule has 0 aliphatic heterocycles. The third-order valence-electron chi connectivity index (χ3n) is 2.92. The summed E-state index contributed by atoms with van der Waals surface area (Å²) in [5.74, 6) is -0.432. The first-order chi connectivity index (χ1) is 8.74. The molecule has 0 saturated heterocycles. The van der Waals surface area contributed by atoms with Crippen LogP contribution in [0.15, 0.2) is 24.4 Å². The van der Waals surface area contributed by atoms with Crippen LogP contribution < -0.4 is 5.32 Å². The molecule has 0 atom stereocenters. The van der Waals surface area contributed by atoms with Crippen molar-refractivity contribution in [1.29, 1.82) is 0 Å². The second-order valence-electron chi connectivity index (χ2n) is 4.39. The van der Waals surface area contributed by atoms with Crippen LogP contribution in [-0.2, 0) is 6.54 Å². The topological polar surface area (TPSA) is 42.7 Å². The summed E-state index contributed by atoms with van der Waals surface area (Å²) in [6, 6.07) is 5.13. The van der Waals surface area contributed by atoms with Gasteiger partial charge in [-0.25, -0.2) is 9.07 Å². The lowest BCUT2D eigenvalue weighted by molar-refractivity contribution is 0.624. The highest BCUT2D eigenvalue weighted by Gasteiger charge is 2.21. The van der Waals surface area contributed by atoms with Gasteiger partial charge < -0.3 is 5.32 Å². The highest BCUT2D eigenvalue weighted by atomic mass is 35.5. The second-order valence-corrected chi connectivity index (χ2v) is 4.80. The van der Waals surface area contributed by atoms with E-state index in [4.69, 9.17) is 11.6 Å². The highest BCUT2D eigenvalue weighted by molar-refractivity contribution is 6.30.